The fourth-order valence-corrected chi connectivity index (χ4v) is 5.29. The predicted octanol–water partition coefficient (Wildman–Crippen LogP) is 3.33. The van der Waals surface area contributed by atoms with E-state index >= 15 is 0 Å². The van der Waals surface area contributed by atoms with Gasteiger partial charge >= 0.3 is 5.97 Å². The number of hydrogen-bond donors (Lipinski definition) is 1. The summed E-state index contributed by atoms with van der Waals surface area (Å²) < 4.78 is 5.05. The summed E-state index contributed by atoms with van der Waals surface area (Å²) in [4.78, 5) is 12.3. The van der Waals surface area contributed by atoms with Crippen LogP contribution in [0.1, 0.15) is 53.6 Å². The number of carbonyl (C=O) groups excluding carboxylic acids is 1. The van der Waals surface area contributed by atoms with E-state index in [-0.39, 0.29) is 11.4 Å². The molecule has 116 valence electrons. The first-order valence-electron chi connectivity index (χ1n) is 8.44. The van der Waals surface area contributed by atoms with Crippen molar-refractivity contribution in [3.05, 3.63) is 47.7 Å². The standard InChI is InChI=1S/C19H23NO2/c1-2-22-18(21)13-6-5-8-15-14(13)12-17-16-7-3-4-9-19(15,16)10-11-20-17/h2,5-6,8,16-17,20H,1,3-4,7,9-12H2/t16-,17+,19-/m0/s1. The minimum Gasteiger partial charge on any atom is -0.432 e. The monoisotopic (exact) mass is 297 g/mol. The molecule has 1 heterocycles. The molecule has 2 aliphatic carbocycles. The van der Waals surface area contributed by atoms with Crippen LogP contribution in [-0.4, -0.2) is 18.6 Å². The first-order valence-corrected chi connectivity index (χ1v) is 8.44. The highest BCUT2D eigenvalue weighted by molar-refractivity contribution is 5.92. The van der Waals surface area contributed by atoms with Crippen molar-refractivity contribution in [3.8, 4) is 0 Å². The number of ether oxygens (including phenoxy) is 1. The smallest absolute Gasteiger partial charge is 0.343 e. The van der Waals surface area contributed by atoms with Gasteiger partial charge in [-0.3, -0.25) is 0 Å². The van der Waals surface area contributed by atoms with Crippen LogP contribution in [0.15, 0.2) is 31.0 Å². The lowest BCUT2D eigenvalue weighted by atomic mass is 9.52. The molecule has 0 aromatic heterocycles. The van der Waals surface area contributed by atoms with Crippen molar-refractivity contribution in [1.82, 2.24) is 5.32 Å². The van der Waals surface area contributed by atoms with Crippen molar-refractivity contribution in [1.29, 1.82) is 0 Å². The molecule has 22 heavy (non-hydrogen) atoms. The van der Waals surface area contributed by atoms with E-state index in [4.69, 9.17) is 4.74 Å². The van der Waals surface area contributed by atoms with Gasteiger partial charge < -0.3 is 10.1 Å². The summed E-state index contributed by atoms with van der Waals surface area (Å²) in [6.45, 7) is 4.60. The third-order valence-electron chi connectivity index (χ3n) is 6.11. The second-order valence-electron chi connectivity index (χ2n) is 6.93. The van der Waals surface area contributed by atoms with Gasteiger partial charge in [0.1, 0.15) is 0 Å². The fourth-order valence-electron chi connectivity index (χ4n) is 5.29. The molecule has 1 aliphatic heterocycles. The highest BCUT2D eigenvalue weighted by atomic mass is 16.5. The number of fused-ring (bicyclic) bond motifs is 1. The number of carbonyl (C=O) groups is 1. The number of hydrogen-bond acceptors (Lipinski definition) is 3. The zero-order valence-electron chi connectivity index (χ0n) is 12.9. The predicted molar refractivity (Wildman–Crippen MR) is 85.8 cm³/mol. The van der Waals surface area contributed by atoms with Gasteiger partial charge in [-0.15, -0.1) is 0 Å². The molecule has 2 bridgehead atoms. The summed E-state index contributed by atoms with van der Waals surface area (Å²) >= 11 is 0. The van der Waals surface area contributed by atoms with Crippen molar-refractivity contribution in [2.45, 2.75) is 50.0 Å². The summed E-state index contributed by atoms with van der Waals surface area (Å²) in [6, 6.07) is 6.71. The average Bonchev–Trinajstić information content (AvgIpc) is 2.54. The van der Waals surface area contributed by atoms with Crippen LogP contribution in [0.2, 0.25) is 0 Å². The van der Waals surface area contributed by atoms with Gasteiger partial charge in [-0.25, -0.2) is 4.79 Å². The number of nitrogens with one attached hydrogen (secondary N) is 1. The lowest BCUT2D eigenvalue weighted by molar-refractivity contribution is 0.0646. The Morgan fingerprint density at radius 1 is 1.36 bits per heavy atom. The maximum Gasteiger partial charge on any atom is 0.343 e. The number of esters is 1. The molecule has 1 saturated carbocycles. The molecule has 4 rings (SSSR count). The quantitative estimate of drug-likeness (QED) is 0.672. The molecule has 1 aromatic carbocycles. The highest BCUT2D eigenvalue weighted by Crippen LogP contribution is 2.54. The Labute approximate surface area is 131 Å². The van der Waals surface area contributed by atoms with Gasteiger partial charge in [0.15, 0.2) is 0 Å². The van der Waals surface area contributed by atoms with Gasteiger partial charge in [0.05, 0.1) is 11.8 Å². The largest absolute Gasteiger partial charge is 0.432 e. The van der Waals surface area contributed by atoms with E-state index in [0.717, 1.165) is 24.4 Å². The molecular weight excluding hydrogens is 274 g/mol. The van der Waals surface area contributed by atoms with E-state index < -0.39 is 0 Å². The summed E-state index contributed by atoms with van der Waals surface area (Å²) in [7, 11) is 0. The third-order valence-corrected chi connectivity index (χ3v) is 6.11. The molecule has 3 nitrogen and oxygen atoms in total. The molecule has 3 atom stereocenters. The molecule has 1 aromatic rings. The minimum atomic E-state index is -0.268. The van der Waals surface area contributed by atoms with Gasteiger partial charge in [-0.2, -0.15) is 0 Å². The van der Waals surface area contributed by atoms with Crippen LogP contribution in [0, 0.1) is 5.92 Å². The first-order chi connectivity index (χ1) is 10.8. The molecule has 3 heteroatoms. The minimum absolute atomic E-state index is 0.268. The normalized spacial score (nSPS) is 32.5. The van der Waals surface area contributed by atoms with Gasteiger partial charge in [-0.1, -0.05) is 31.6 Å². The zero-order valence-corrected chi connectivity index (χ0v) is 12.9. The van der Waals surface area contributed by atoms with Crippen LogP contribution in [-0.2, 0) is 16.6 Å². The van der Waals surface area contributed by atoms with E-state index in [1.807, 2.05) is 12.1 Å². The van der Waals surface area contributed by atoms with Crippen LogP contribution < -0.4 is 5.32 Å². The molecule has 0 spiro atoms. The molecule has 2 fully saturated rings. The lowest BCUT2D eigenvalue weighted by Gasteiger charge is -2.56. The summed E-state index contributed by atoms with van der Waals surface area (Å²) in [5.74, 6) is 0.462. The van der Waals surface area contributed by atoms with Crippen LogP contribution in [0.25, 0.3) is 0 Å². The van der Waals surface area contributed by atoms with E-state index in [9.17, 15) is 4.79 Å². The molecule has 1 N–H and O–H groups in total. The van der Waals surface area contributed by atoms with Crippen LogP contribution in [0.4, 0.5) is 0 Å². The Kier molecular flexibility index (Phi) is 3.33. The van der Waals surface area contributed by atoms with Crippen molar-refractivity contribution < 1.29 is 9.53 Å². The Bertz CT molecular complexity index is 620. The van der Waals surface area contributed by atoms with E-state index in [2.05, 4.69) is 18.0 Å². The molecule has 0 unspecified atom stereocenters. The molecular formula is C19H23NO2. The zero-order chi connectivity index (χ0) is 15.2. The van der Waals surface area contributed by atoms with Gasteiger partial charge in [-0.05, 0) is 55.3 Å². The Morgan fingerprint density at radius 2 is 2.27 bits per heavy atom. The van der Waals surface area contributed by atoms with Gasteiger partial charge in [0.2, 0.25) is 0 Å². The second-order valence-corrected chi connectivity index (χ2v) is 6.93. The van der Waals surface area contributed by atoms with Crippen molar-refractivity contribution in [2.24, 2.45) is 5.92 Å². The second kappa shape index (κ2) is 5.24. The van der Waals surface area contributed by atoms with Gasteiger partial charge in [0.25, 0.3) is 0 Å². The number of rotatable bonds is 2. The third kappa shape index (κ3) is 1.88. The Morgan fingerprint density at radius 3 is 3.14 bits per heavy atom. The summed E-state index contributed by atoms with van der Waals surface area (Å²) in [5, 5.41) is 3.71. The maximum atomic E-state index is 12.3. The fraction of sp³-hybridized carbons (Fsp3) is 0.526. The van der Waals surface area contributed by atoms with Crippen molar-refractivity contribution in [2.75, 3.05) is 6.54 Å². The van der Waals surface area contributed by atoms with Crippen molar-refractivity contribution >= 4 is 5.97 Å². The molecule has 0 amide bonds. The molecule has 0 radical (unpaired) electrons. The summed E-state index contributed by atoms with van der Waals surface area (Å²) in [5.41, 5.74) is 3.65. The van der Waals surface area contributed by atoms with Crippen LogP contribution in [0.3, 0.4) is 0 Å². The van der Waals surface area contributed by atoms with Crippen LogP contribution >= 0.6 is 0 Å². The SMILES string of the molecule is C=COC(=O)c1cccc2c1C[C@H]1NCC[C@@]23CCCC[C@@H]13. The Hall–Kier alpha value is -1.61. The van der Waals surface area contributed by atoms with E-state index in [1.54, 1.807) is 0 Å². The maximum absolute atomic E-state index is 12.3. The Balaban J connectivity index is 1.86. The topological polar surface area (TPSA) is 38.3 Å². The first kappa shape index (κ1) is 14.0. The number of benzene rings is 1. The van der Waals surface area contributed by atoms with Crippen LogP contribution in [0.5, 0.6) is 0 Å². The van der Waals surface area contributed by atoms with E-state index in [1.165, 1.54) is 49.5 Å². The lowest BCUT2D eigenvalue weighted by Crippen LogP contribution is -2.59. The number of piperidine rings is 1. The van der Waals surface area contributed by atoms with Crippen molar-refractivity contribution in [3.63, 3.8) is 0 Å². The average molecular weight is 297 g/mol. The highest BCUT2D eigenvalue weighted by Gasteiger charge is 2.51. The van der Waals surface area contributed by atoms with E-state index in [0.29, 0.717) is 6.04 Å². The molecule has 3 aliphatic rings. The van der Waals surface area contributed by atoms with Gasteiger partial charge in [0, 0.05) is 11.5 Å². The molecule has 1 saturated heterocycles. The summed E-state index contributed by atoms with van der Waals surface area (Å²) in [6.07, 6.45) is 8.61.